The molecule has 1 unspecified atom stereocenters. The lowest BCUT2D eigenvalue weighted by Crippen LogP contribution is -2.46. The molecule has 0 amide bonds. The van der Waals surface area contributed by atoms with Crippen LogP contribution in [0, 0.1) is 11.3 Å². The first-order valence-electron chi connectivity index (χ1n) is 8.45. The third-order valence-electron chi connectivity index (χ3n) is 4.80. The number of piperidine rings is 1. The van der Waals surface area contributed by atoms with Crippen LogP contribution in [0.4, 0.5) is 0 Å². The second kappa shape index (κ2) is 8.26. The van der Waals surface area contributed by atoms with E-state index in [1.54, 1.807) is 0 Å². The highest BCUT2D eigenvalue weighted by Gasteiger charge is 2.27. The minimum atomic E-state index is 0.432. The zero-order chi connectivity index (χ0) is 14.3. The van der Waals surface area contributed by atoms with Crippen molar-refractivity contribution in [3.05, 3.63) is 0 Å². The van der Waals surface area contributed by atoms with Crippen molar-refractivity contribution in [2.45, 2.75) is 72.8 Å². The second-order valence-corrected chi connectivity index (χ2v) is 7.21. The summed E-state index contributed by atoms with van der Waals surface area (Å²) in [5.41, 5.74) is 0.432. The fourth-order valence-corrected chi connectivity index (χ4v) is 3.12. The van der Waals surface area contributed by atoms with Crippen LogP contribution in [-0.2, 0) is 0 Å². The molecule has 1 heterocycles. The van der Waals surface area contributed by atoms with Crippen LogP contribution in [0.25, 0.3) is 0 Å². The van der Waals surface area contributed by atoms with Gasteiger partial charge in [-0.3, -0.25) is 0 Å². The van der Waals surface area contributed by atoms with Gasteiger partial charge in [-0.1, -0.05) is 47.5 Å². The van der Waals surface area contributed by atoms with Gasteiger partial charge in [0.25, 0.3) is 0 Å². The molecule has 0 aliphatic carbocycles. The summed E-state index contributed by atoms with van der Waals surface area (Å²) in [5, 5.41) is 3.63. The maximum atomic E-state index is 3.63. The van der Waals surface area contributed by atoms with Gasteiger partial charge in [0.2, 0.25) is 0 Å². The maximum Gasteiger partial charge on any atom is 0.00474 e. The summed E-state index contributed by atoms with van der Waals surface area (Å²) in [6, 6.07) is 0.598. The summed E-state index contributed by atoms with van der Waals surface area (Å²) in [4.78, 5) is 2.71. The largest absolute Gasteiger partial charge is 0.314 e. The van der Waals surface area contributed by atoms with E-state index < -0.39 is 0 Å². The Kier molecular flexibility index (Phi) is 7.38. The van der Waals surface area contributed by atoms with Crippen LogP contribution in [0.5, 0.6) is 0 Å². The van der Waals surface area contributed by atoms with Crippen LogP contribution in [-0.4, -0.2) is 37.1 Å². The standard InChI is InChI=1S/C17H36N2/c1-6-8-16-9-11-19(12-10-16)14-17(5,7-2)13-18-15(3)4/h15-16,18H,6-14H2,1-5H3. The van der Waals surface area contributed by atoms with Crippen molar-refractivity contribution in [3.63, 3.8) is 0 Å². The SMILES string of the molecule is CCCC1CCN(CC(C)(CC)CNC(C)C)CC1. The first-order chi connectivity index (χ1) is 8.99. The summed E-state index contributed by atoms with van der Waals surface area (Å²) in [7, 11) is 0. The van der Waals surface area contributed by atoms with Gasteiger partial charge < -0.3 is 10.2 Å². The lowest BCUT2D eigenvalue weighted by atomic mass is 9.84. The van der Waals surface area contributed by atoms with Crippen LogP contribution in [0.1, 0.15) is 66.7 Å². The normalized spacial score (nSPS) is 21.8. The van der Waals surface area contributed by atoms with Gasteiger partial charge in [-0.25, -0.2) is 0 Å². The van der Waals surface area contributed by atoms with E-state index in [-0.39, 0.29) is 0 Å². The molecular weight excluding hydrogens is 232 g/mol. The molecule has 0 spiro atoms. The van der Waals surface area contributed by atoms with E-state index in [2.05, 4.69) is 44.8 Å². The topological polar surface area (TPSA) is 15.3 Å². The van der Waals surface area contributed by atoms with Gasteiger partial charge in [-0.2, -0.15) is 0 Å². The van der Waals surface area contributed by atoms with Crippen molar-refractivity contribution < 1.29 is 0 Å². The molecule has 1 N–H and O–H groups in total. The van der Waals surface area contributed by atoms with Crippen LogP contribution in [0.15, 0.2) is 0 Å². The van der Waals surface area contributed by atoms with Gasteiger partial charge in [-0.15, -0.1) is 0 Å². The molecule has 1 fully saturated rings. The van der Waals surface area contributed by atoms with E-state index >= 15 is 0 Å². The van der Waals surface area contributed by atoms with E-state index in [1.165, 1.54) is 51.7 Å². The van der Waals surface area contributed by atoms with Crippen LogP contribution in [0.2, 0.25) is 0 Å². The predicted octanol–water partition coefficient (Wildman–Crippen LogP) is 3.91. The number of likely N-dealkylation sites (tertiary alicyclic amines) is 1. The summed E-state index contributed by atoms with van der Waals surface area (Å²) in [6.45, 7) is 16.6. The molecular formula is C17H36N2. The Bertz CT molecular complexity index is 231. The van der Waals surface area contributed by atoms with E-state index in [9.17, 15) is 0 Å². The Hall–Kier alpha value is -0.0800. The second-order valence-electron chi connectivity index (χ2n) is 7.21. The van der Waals surface area contributed by atoms with Crippen LogP contribution in [0.3, 0.4) is 0 Å². The van der Waals surface area contributed by atoms with Crippen LogP contribution < -0.4 is 5.32 Å². The van der Waals surface area contributed by atoms with Gasteiger partial charge in [-0.05, 0) is 43.7 Å². The quantitative estimate of drug-likeness (QED) is 0.718. The van der Waals surface area contributed by atoms with E-state index in [1.807, 2.05) is 0 Å². The number of nitrogens with one attached hydrogen (secondary N) is 1. The Morgan fingerprint density at radius 3 is 2.32 bits per heavy atom. The smallest absolute Gasteiger partial charge is 0.00474 e. The Morgan fingerprint density at radius 1 is 1.21 bits per heavy atom. The maximum absolute atomic E-state index is 3.63. The average Bonchev–Trinajstić information content (AvgIpc) is 2.39. The Morgan fingerprint density at radius 2 is 1.84 bits per heavy atom. The first kappa shape index (κ1) is 17.0. The minimum Gasteiger partial charge on any atom is -0.314 e. The minimum absolute atomic E-state index is 0.432. The molecule has 2 nitrogen and oxygen atoms in total. The van der Waals surface area contributed by atoms with Gasteiger partial charge in [0.05, 0.1) is 0 Å². The van der Waals surface area contributed by atoms with E-state index in [4.69, 9.17) is 0 Å². The molecule has 0 bridgehead atoms. The molecule has 1 aliphatic rings. The van der Waals surface area contributed by atoms with Gasteiger partial charge >= 0.3 is 0 Å². The molecule has 1 rings (SSSR count). The number of hydrogen-bond donors (Lipinski definition) is 1. The molecule has 19 heavy (non-hydrogen) atoms. The third-order valence-corrected chi connectivity index (χ3v) is 4.80. The molecule has 114 valence electrons. The van der Waals surface area contributed by atoms with Gasteiger partial charge in [0, 0.05) is 19.1 Å². The summed E-state index contributed by atoms with van der Waals surface area (Å²) in [6.07, 6.45) is 6.90. The van der Waals surface area contributed by atoms with Gasteiger partial charge in [0.15, 0.2) is 0 Å². The predicted molar refractivity (Wildman–Crippen MR) is 85.6 cm³/mol. The zero-order valence-electron chi connectivity index (χ0n) is 14.0. The number of hydrogen-bond acceptors (Lipinski definition) is 2. The summed E-state index contributed by atoms with van der Waals surface area (Å²) >= 11 is 0. The Labute approximate surface area is 121 Å². The molecule has 0 saturated carbocycles. The van der Waals surface area contributed by atoms with Crippen LogP contribution >= 0.6 is 0 Å². The summed E-state index contributed by atoms with van der Waals surface area (Å²) in [5.74, 6) is 1.00. The number of rotatable bonds is 8. The van der Waals surface area contributed by atoms with E-state index in [0.29, 0.717) is 11.5 Å². The molecule has 1 saturated heterocycles. The highest BCUT2D eigenvalue weighted by molar-refractivity contribution is 4.83. The third kappa shape index (κ3) is 6.27. The van der Waals surface area contributed by atoms with Crippen molar-refractivity contribution in [2.75, 3.05) is 26.2 Å². The number of nitrogens with zero attached hydrogens (tertiary/aromatic N) is 1. The van der Waals surface area contributed by atoms with Crippen molar-refractivity contribution in [1.29, 1.82) is 0 Å². The van der Waals surface area contributed by atoms with Crippen molar-refractivity contribution in [3.8, 4) is 0 Å². The lowest BCUT2D eigenvalue weighted by Gasteiger charge is -2.39. The fourth-order valence-electron chi connectivity index (χ4n) is 3.12. The summed E-state index contributed by atoms with van der Waals surface area (Å²) < 4.78 is 0. The Balaban J connectivity index is 2.36. The van der Waals surface area contributed by atoms with Gasteiger partial charge in [0.1, 0.15) is 0 Å². The highest BCUT2D eigenvalue weighted by Crippen LogP contribution is 2.27. The molecule has 2 heteroatoms. The molecule has 0 aromatic rings. The molecule has 1 atom stereocenters. The van der Waals surface area contributed by atoms with Crippen molar-refractivity contribution in [2.24, 2.45) is 11.3 Å². The molecule has 0 aromatic heterocycles. The highest BCUT2D eigenvalue weighted by atomic mass is 15.1. The first-order valence-corrected chi connectivity index (χ1v) is 8.45. The molecule has 0 aromatic carbocycles. The van der Waals surface area contributed by atoms with E-state index in [0.717, 1.165) is 12.5 Å². The van der Waals surface area contributed by atoms with Crippen molar-refractivity contribution >= 4 is 0 Å². The lowest BCUT2D eigenvalue weighted by molar-refractivity contribution is 0.111. The average molecular weight is 268 g/mol. The zero-order valence-corrected chi connectivity index (χ0v) is 14.0. The molecule has 1 aliphatic heterocycles. The fraction of sp³-hybridized carbons (Fsp3) is 1.00. The molecule has 0 radical (unpaired) electrons. The van der Waals surface area contributed by atoms with Crippen molar-refractivity contribution in [1.82, 2.24) is 10.2 Å². The monoisotopic (exact) mass is 268 g/mol.